The summed E-state index contributed by atoms with van der Waals surface area (Å²) in [6.07, 6.45) is 5.53. The van der Waals surface area contributed by atoms with E-state index < -0.39 is 5.97 Å². The van der Waals surface area contributed by atoms with Crippen LogP contribution in [0.15, 0.2) is 60.9 Å². The van der Waals surface area contributed by atoms with Crippen molar-refractivity contribution in [2.24, 2.45) is 0 Å². The number of aromatic nitrogens is 1. The van der Waals surface area contributed by atoms with Crippen molar-refractivity contribution in [3.05, 3.63) is 77.6 Å². The van der Waals surface area contributed by atoms with Gasteiger partial charge in [0.15, 0.2) is 0 Å². The van der Waals surface area contributed by atoms with Gasteiger partial charge in [-0.1, -0.05) is 30.3 Å². The largest absolute Gasteiger partial charge is 0.507 e. The fraction of sp³-hybridized carbons (Fsp3) is 0.217. The van der Waals surface area contributed by atoms with E-state index in [0.29, 0.717) is 24.5 Å². The van der Waals surface area contributed by atoms with Gasteiger partial charge in [0.25, 0.3) is 0 Å². The normalized spacial score (nSPS) is 15.5. The van der Waals surface area contributed by atoms with Crippen molar-refractivity contribution in [2.75, 3.05) is 6.61 Å². The standard InChI is InChI=1S/C23H21NO4/c25-21-4-2-1-3-18(21)16-7-8-19-15(10-12-28-22(19)13-16)5-6-17-14-24-11-9-20(17)23(26)27/h1-4,7-9,11,13-15,25H,5-6,10,12H2,(H,26,27)/t15-/m1/s1. The minimum absolute atomic E-state index is 0.243. The first-order chi connectivity index (χ1) is 13.6. The van der Waals surface area contributed by atoms with Crippen LogP contribution in [0.3, 0.4) is 0 Å². The van der Waals surface area contributed by atoms with E-state index in [1.54, 1.807) is 24.4 Å². The highest BCUT2D eigenvalue weighted by atomic mass is 16.5. The van der Waals surface area contributed by atoms with Gasteiger partial charge in [-0.15, -0.1) is 0 Å². The molecule has 28 heavy (non-hydrogen) atoms. The number of para-hydroxylation sites is 1. The summed E-state index contributed by atoms with van der Waals surface area (Å²) in [5, 5.41) is 19.5. The Morgan fingerprint density at radius 1 is 1.18 bits per heavy atom. The minimum Gasteiger partial charge on any atom is -0.507 e. The van der Waals surface area contributed by atoms with E-state index >= 15 is 0 Å². The van der Waals surface area contributed by atoms with Gasteiger partial charge in [-0.2, -0.15) is 0 Å². The number of hydrogen-bond acceptors (Lipinski definition) is 4. The maximum atomic E-state index is 11.4. The molecule has 0 radical (unpaired) electrons. The number of nitrogens with zero attached hydrogens (tertiary/aromatic N) is 1. The van der Waals surface area contributed by atoms with Gasteiger partial charge in [0.05, 0.1) is 12.2 Å². The first-order valence-corrected chi connectivity index (χ1v) is 9.35. The highest BCUT2D eigenvalue weighted by Crippen LogP contribution is 2.40. The fourth-order valence-electron chi connectivity index (χ4n) is 3.81. The van der Waals surface area contributed by atoms with Crippen molar-refractivity contribution in [1.82, 2.24) is 4.98 Å². The SMILES string of the molecule is O=C(O)c1ccncc1CC[C@@H]1CCOc2cc(-c3ccccc3O)ccc21. The number of aryl methyl sites for hydroxylation is 1. The van der Waals surface area contributed by atoms with Gasteiger partial charge in [0.2, 0.25) is 0 Å². The molecule has 3 aromatic rings. The Labute approximate surface area is 163 Å². The van der Waals surface area contributed by atoms with Gasteiger partial charge in [-0.05, 0) is 60.1 Å². The van der Waals surface area contributed by atoms with E-state index in [-0.39, 0.29) is 5.75 Å². The Morgan fingerprint density at radius 2 is 2.04 bits per heavy atom. The molecule has 0 fully saturated rings. The topological polar surface area (TPSA) is 79.7 Å². The number of carbonyl (C=O) groups is 1. The molecule has 0 aliphatic carbocycles. The van der Waals surface area contributed by atoms with E-state index in [9.17, 15) is 15.0 Å². The van der Waals surface area contributed by atoms with Crippen LogP contribution in [-0.2, 0) is 6.42 Å². The van der Waals surface area contributed by atoms with E-state index in [1.807, 2.05) is 24.3 Å². The highest BCUT2D eigenvalue weighted by molar-refractivity contribution is 5.89. The Balaban J connectivity index is 1.57. The van der Waals surface area contributed by atoms with Crippen molar-refractivity contribution >= 4 is 5.97 Å². The molecule has 0 spiro atoms. The lowest BCUT2D eigenvalue weighted by Gasteiger charge is -2.26. The summed E-state index contributed by atoms with van der Waals surface area (Å²) in [5.74, 6) is 0.454. The monoisotopic (exact) mass is 375 g/mol. The molecular formula is C23H21NO4. The summed E-state index contributed by atoms with van der Waals surface area (Å²) < 4.78 is 5.88. The molecule has 0 saturated carbocycles. The molecule has 1 aliphatic rings. The Morgan fingerprint density at radius 3 is 2.86 bits per heavy atom. The molecule has 0 unspecified atom stereocenters. The molecular weight excluding hydrogens is 354 g/mol. The second-order valence-electron chi connectivity index (χ2n) is 6.98. The Bertz CT molecular complexity index is 1010. The average molecular weight is 375 g/mol. The van der Waals surface area contributed by atoms with Crippen LogP contribution >= 0.6 is 0 Å². The molecule has 5 nitrogen and oxygen atoms in total. The highest BCUT2D eigenvalue weighted by Gasteiger charge is 2.23. The van der Waals surface area contributed by atoms with E-state index in [1.165, 1.54) is 6.20 Å². The van der Waals surface area contributed by atoms with Crippen molar-refractivity contribution in [2.45, 2.75) is 25.2 Å². The van der Waals surface area contributed by atoms with Gasteiger partial charge < -0.3 is 14.9 Å². The quantitative estimate of drug-likeness (QED) is 0.678. The summed E-state index contributed by atoms with van der Waals surface area (Å²) in [6.45, 7) is 0.626. The van der Waals surface area contributed by atoms with Crippen molar-refractivity contribution < 1.29 is 19.7 Å². The zero-order valence-corrected chi connectivity index (χ0v) is 15.3. The number of aromatic carboxylic acids is 1. The lowest BCUT2D eigenvalue weighted by Crippen LogP contribution is -2.15. The fourth-order valence-corrected chi connectivity index (χ4v) is 3.81. The van der Waals surface area contributed by atoms with Crippen LogP contribution in [0.5, 0.6) is 11.5 Å². The number of benzene rings is 2. The lowest BCUT2D eigenvalue weighted by atomic mass is 9.86. The molecule has 4 rings (SSSR count). The summed E-state index contributed by atoms with van der Waals surface area (Å²) >= 11 is 0. The van der Waals surface area contributed by atoms with Crippen LogP contribution in [0.2, 0.25) is 0 Å². The second-order valence-corrected chi connectivity index (χ2v) is 6.98. The lowest BCUT2D eigenvalue weighted by molar-refractivity contribution is 0.0695. The number of hydrogen-bond donors (Lipinski definition) is 2. The van der Waals surface area contributed by atoms with Crippen molar-refractivity contribution in [3.8, 4) is 22.6 Å². The van der Waals surface area contributed by atoms with Gasteiger partial charge in [-0.3, -0.25) is 4.98 Å². The van der Waals surface area contributed by atoms with E-state index in [0.717, 1.165) is 40.8 Å². The van der Waals surface area contributed by atoms with Gasteiger partial charge in [0, 0.05) is 18.0 Å². The number of carboxylic acids is 1. The minimum atomic E-state index is -0.919. The number of phenols is 1. The van der Waals surface area contributed by atoms with Crippen LogP contribution in [0.25, 0.3) is 11.1 Å². The number of pyridine rings is 1. The van der Waals surface area contributed by atoms with E-state index in [4.69, 9.17) is 4.74 Å². The van der Waals surface area contributed by atoms with Crippen LogP contribution in [-0.4, -0.2) is 27.8 Å². The molecule has 1 atom stereocenters. The number of aromatic hydroxyl groups is 1. The summed E-state index contributed by atoms with van der Waals surface area (Å²) in [7, 11) is 0. The first kappa shape index (κ1) is 18.0. The number of phenolic OH excluding ortho intramolecular Hbond substituents is 1. The van der Waals surface area contributed by atoms with Crippen LogP contribution in [0.1, 0.15) is 40.2 Å². The van der Waals surface area contributed by atoms with Gasteiger partial charge in [0.1, 0.15) is 11.5 Å². The zero-order chi connectivity index (χ0) is 19.5. The molecule has 2 heterocycles. The molecule has 1 aliphatic heterocycles. The third kappa shape index (κ3) is 3.56. The van der Waals surface area contributed by atoms with Crippen LogP contribution in [0.4, 0.5) is 0 Å². The number of carboxylic acid groups (broad SMARTS) is 1. The second kappa shape index (κ2) is 7.72. The number of rotatable bonds is 5. The van der Waals surface area contributed by atoms with E-state index in [2.05, 4.69) is 11.1 Å². The Kier molecular flexibility index (Phi) is 4.98. The van der Waals surface area contributed by atoms with Crippen molar-refractivity contribution in [1.29, 1.82) is 0 Å². The molecule has 2 aromatic carbocycles. The zero-order valence-electron chi connectivity index (χ0n) is 15.3. The first-order valence-electron chi connectivity index (χ1n) is 9.35. The smallest absolute Gasteiger partial charge is 0.336 e. The molecule has 142 valence electrons. The van der Waals surface area contributed by atoms with Gasteiger partial charge in [-0.25, -0.2) is 4.79 Å². The molecule has 2 N–H and O–H groups in total. The maximum Gasteiger partial charge on any atom is 0.336 e. The number of ether oxygens (including phenoxy) is 1. The summed E-state index contributed by atoms with van der Waals surface area (Å²) in [4.78, 5) is 15.5. The van der Waals surface area contributed by atoms with Crippen LogP contribution < -0.4 is 4.74 Å². The van der Waals surface area contributed by atoms with Crippen molar-refractivity contribution in [3.63, 3.8) is 0 Å². The molecule has 0 amide bonds. The summed E-state index contributed by atoms with van der Waals surface area (Å²) in [5.41, 5.74) is 3.90. The van der Waals surface area contributed by atoms with Crippen LogP contribution in [0, 0.1) is 0 Å². The summed E-state index contributed by atoms with van der Waals surface area (Å²) in [6, 6.07) is 14.8. The molecule has 5 heteroatoms. The number of fused-ring (bicyclic) bond motifs is 1. The predicted molar refractivity (Wildman–Crippen MR) is 106 cm³/mol. The molecule has 0 saturated heterocycles. The average Bonchev–Trinajstić information content (AvgIpc) is 2.72. The molecule has 0 bridgehead atoms. The third-order valence-corrected chi connectivity index (χ3v) is 5.29. The molecule has 1 aromatic heterocycles. The third-order valence-electron chi connectivity index (χ3n) is 5.29. The Hall–Kier alpha value is -3.34. The predicted octanol–water partition coefficient (Wildman–Crippen LogP) is 4.65. The maximum absolute atomic E-state index is 11.4. The van der Waals surface area contributed by atoms with Gasteiger partial charge >= 0.3 is 5.97 Å².